The van der Waals surface area contributed by atoms with Gasteiger partial charge in [-0.15, -0.1) is 0 Å². The largest absolute Gasteiger partial charge is 0.347 e. The summed E-state index contributed by atoms with van der Waals surface area (Å²) in [6.45, 7) is 4.23. The molecule has 0 spiro atoms. The highest BCUT2D eigenvalue weighted by Gasteiger charge is 2.09. The maximum atomic E-state index is 5.75. The minimum atomic E-state index is 0.568. The minimum absolute atomic E-state index is 0.568. The quantitative estimate of drug-likeness (QED) is 0.795. The molecular formula is C12H17N3. The van der Waals surface area contributed by atoms with Crippen molar-refractivity contribution in [2.24, 2.45) is 11.5 Å². The molecule has 0 aliphatic heterocycles. The molecule has 1 heterocycles. The van der Waals surface area contributed by atoms with Crippen LogP contribution < -0.4 is 11.5 Å². The van der Waals surface area contributed by atoms with Gasteiger partial charge in [-0.25, -0.2) is 0 Å². The van der Waals surface area contributed by atoms with Gasteiger partial charge in [0.25, 0.3) is 0 Å². The van der Waals surface area contributed by atoms with E-state index in [0.717, 1.165) is 6.54 Å². The van der Waals surface area contributed by atoms with Crippen LogP contribution in [0.1, 0.15) is 18.1 Å². The highest BCUT2D eigenvalue weighted by molar-refractivity contribution is 5.87. The van der Waals surface area contributed by atoms with Crippen molar-refractivity contribution < 1.29 is 0 Å². The first-order valence-electron chi connectivity index (χ1n) is 5.31. The van der Waals surface area contributed by atoms with E-state index in [1.165, 1.54) is 22.0 Å². The third-order valence-corrected chi connectivity index (χ3v) is 2.85. The zero-order valence-electron chi connectivity index (χ0n) is 9.03. The van der Waals surface area contributed by atoms with Crippen molar-refractivity contribution in [3.05, 3.63) is 35.5 Å². The summed E-state index contributed by atoms with van der Waals surface area (Å²) >= 11 is 0. The average molecular weight is 203 g/mol. The second kappa shape index (κ2) is 4.04. The Morgan fingerprint density at radius 2 is 1.87 bits per heavy atom. The number of benzene rings is 1. The lowest BCUT2D eigenvalue weighted by Gasteiger charge is -2.03. The van der Waals surface area contributed by atoms with Gasteiger partial charge in [-0.1, -0.05) is 12.1 Å². The molecule has 15 heavy (non-hydrogen) atoms. The fourth-order valence-corrected chi connectivity index (χ4v) is 2.11. The van der Waals surface area contributed by atoms with Gasteiger partial charge < -0.3 is 16.0 Å². The Morgan fingerprint density at radius 1 is 1.13 bits per heavy atom. The van der Waals surface area contributed by atoms with E-state index in [-0.39, 0.29) is 0 Å². The summed E-state index contributed by atoms with van der Waals surface area (Å²) in [5.41, 5.74) is 15.1. The van der Waals surface area contributed by atoms with Crippen molar-refractivity contribution in [2.75, 3.05) is 0 Å². The number of aromatic nitrogens is 1. The molecule has 0 fully saturated rings. The van der Waals surface area contributed by atoms with Crippen molar-refractivity contribution in [1.29, 1.82) is 0 Å². The first-order chi connectivity index (χ1) is 7.31. The van der Waals surface area contributed by atoms with Crippen LogP contribution in [0.15, 0.2) is 24.4 Å². The Kier molecular flexibility index (Phi) is 2.75. The molecule has 0 unspecified atom stereocenters. The van der Waals surface area contributed by atoms with Gasteiger partial charge in [0.15, 0.2) is 0 Å². The molecule has 0 atom stereocenters. The van der Waals surface area contributed by atoms with E-state index in [1.54, 1.807) is 0 Å². The van der Waals surface area contributed by atoms with Crippen LogP contribution in [0.3, 0.4) is 0 Å². The first-order valence-corrected chi connectivity index (χ1v) is 5.31. The lowest BCUT2D eigenvalue weighted by Crippen LogP contribution is -2.00. The number of rotatable bonds is 3. The summed E-state index contributed by atoms with van der Waals surface area (Å²) in [6, 6.07) is 6.25. The molecular weight excluding hydrogens is 186 g/mol. The van der Waals surface area contributed by atoms with Crippen molar-refractivity contribution >= 4 is 10.9 Å². The number of fused-ring (bicyclic) bond motifs is 1. The predicted octanol–water partition coefficient (Wildman–Crippen LogP) is 1.58. The van der Waals surface area contributed by atoms with Gasteiger partial charge in [-0.2, -0.15) is 0 Å². The van der Waals surface area contributed by atoms with Gasteiger partial charge in [0.1, 0.15) is 0 Å². The van der Waals surface area contributed by atoms with Crippen molar-refractivity contribution in [2.45, 2.75) is 26.6 Å². The molecule has 3 heteroatoms. The van der Waals surface area contributed by atoms with E-state index in [9.17, 15) is 0 Å². The summed E-state index contributed by atoms with van der Waals surface area (Å²) in [5.74, 6) is 0. The maximum Gasteiger partial charge on any atom is 0.0486 e. The molecule has 0 aliphatic carbocycles. The van der Waals surface area contributed by atoms with E-state index >= 15 is 0 Å². The second-order valence-corrected chi connectivity index (χ2v) is 3.66. The third-order valence-electron chi connectivity index (χ3n) is 2.85. The zero-order chi connectivity index (χ0) is 10.8. The molecule has 0 bridgehead atoms. The van der Waals surface area contributed by atoms with E-state index in [4.69, 9.17) is 11.5 Å². The molecule has 1 aromatic carbocycles. The smallest absolute Gasteiger partial charge is 0.0486 e. The monoisotopic (exact) mass is 203 g/mol. The van der Waals surface area contributed by atoms with Crippen LogP contribution in [0.4, 0.5) is 0 Å². The molecule has 0 saturated carbocycles. The lowest BCUT2D eigenvalue weighted by atomic mass is 10.1. The SMILES string of the molecule is CCn1cc(CN)c2c(CN)cccc21. The lowest BCUT2D eigenvalue weighted by molar-refractivity contribution is 0.792. The van der Waals surface area contributed by atoms with Crippen LogP contribution in [0, 0.1) is 0 Å². The molecule has 0 amide bonds. The Bertz CT molecular complexity index is 471. The van der Waals surface area contributed by atoms with Crippen LogP contribution in [-0.2, 0) is 19.6 Å². The predicted molar refractivity (Wildman–Crippen MR) is 63.4 cm³/mol. The van der Waals surface area contributed by atoms with Gasteiger partial charge in [-0.3, -0.25) is 0 Å². The molecule has 2 aromatic rings. The van der Waals surface area contributed by atoms with Crippen LogP contribution >= 0.6 is 0 Å². The van der Waals surface area contributed by atoms with Gasteiger partial charge in [0.05, 0.1) is 0 Å². The van der Waals surface area contributed by atoms with E-state index in [0.29, 0.717) is 13.1 Å². The van der Waals surface area contributed by atoms with E-state index in [1.807, 2.05) is 0 Å². The van der Waals surface area contributed by atoms with Gasteiger partial charge in [-0.05, 0) is 24.1 Å². The first kappa shape index (κ1) is 10.2. The number of hydrogen-bond acceptors (Lipinski definition) is 2. The molecule has 0 saturated heterocycles. The minimum Gasteiger partial charge on any atom is -0.347 e. The summed E-state index contributed by atoms with van der Waals surface area (Å²) in [4.78, 5) is 0. The normalized spacial score (nSPS) is 11.1. The van der Waals surface area contributed by atoms with Crippen molar-refractivity contribution in [3.63, 3.8) is 0 Å². The number of hydrogen-bond donors (Lipinski definition) is 2. The average Bonchev–Trinajstić information content (AvgIpc) is 2.66. The zero-order valence-corrected chi connectivity index (χ0v) is 9.03. The fraction of sp³-hybridized carbons (Fsp3) is 0.333. The molecule has 1 aromatic heterocycles. The Morgan fingerprint density at radius 3 is 2.47 bits per heavy atom. The maximum absolute atomic E-state index is 5.75. The van der Waals surface area contributed by atoms with Crippen molar-refractivity contribution in [3.8, 4) is 0 Å². The van der Waals surface area contributed by atoms with Gasteiger partial charge in [0, 0.05) is 36.7 Å². The molecule has 80 valence electrons. The highest BCUT2D eigenvalue weighted by atomic mass is 14.9. The number of nitrogens with two attached hydrogens (primary N) is 2. The van der Waals surface area contributed by atoms with Gasteiger partial charge >= 0.3 is 0 Å². The highest BCUT2D eigenvalue weighted by Crippen LogP contribution is 2.24. The number of aryl methyl sites for hydroxylation is 1. The topological polar surface area (TPSA) is 57.0 Å². The standard InChI is InChI=1S/C12H17N3/c1-2-15-8-10(7-14)12-9(6-13)4-3-5-11(12)15/h3-5,8H,2,6-7,13-14H2,1H3. The molecule has 0 aliphatic rings. The summed E-state index contributed by atoms with van der Waals surface area (Å²) in [7, 11) is 0. The van der Waals surface area contributed by atoms with E-state index in [2.05, 4.69) is 35.9 Å². The summed E-state index contributed by atoms with van der Waals surface area (Å²) in [6.07, 6.45) is 2.13. The molecule has 2 rings (SSSR count). The third kappa shape index (κ3) is 1.54. The molecule has 3 nitrogen and oxygen atoms in total. The molecule has 4 N–H and O–H groups in total. The molecule has 0 radical (unpaired) electrons. The Hall–Kier alpha value is -1.32. The Labute approximate surface area is 89.7 Å². The number of nitrogens with zero attached hydrogens (tertiary/aromatic N) is 1. The van der Waals surface area contributed by atoms with Crippen LogP contribution in [-0.4, -0.2) is 4.57 Å². The van der Waals surface area contributed by atoms with Crippen molar-refractivity contribution in [1.82, 2.24) is 4.57 Å². The van der Waals surface area contributed by atoms with Crippen LogP contribution in [0.5, 0.6) is 0 Å². The fourth-order valence-electron chi connectivity index (χ4n) is 2.11. The summed E-state index contributed by atoms with van der Waals surface area (Å²) < 4.78 is 2.22. The Balaban J connectivity index is 2.78. The van der Waals surface area contributed by atoms with Gasteiger partial charge in [0.2, 0.25) is 0 Å². The van der Waals surface area contributed by atoms with E-state index < -0.39 is 0 Å². The second-order valence-electron chi connectivity index (χ2n) is 3.66. The van der Waals surface area contributed by atoms with Crippen LogP contribution in [0.25, 0.3) is 10.9 Å². The van der Waals surface area contributed by atoms with Crippen LogP contribution in [0.2, 0.25) is 0 Å². The summed E-state index contributed by atoms with van der Waals surface area (Å²) in [5, 5.41) is 1.24.